The number of halogens is 8. The summed E-state index contributed by atoms with van der Waals surface area (Å²) in [7, 11) is 3.94. The summed E-state index contributed by atoms with van der Waals surface area (Å²) in [4.78, 5) is 23.5. The maximum absolute atomic E-state index is 12.1. The number of ketones is 2. The Morgan fingerprint density at radius 2 is 1.03 bits per heavy atom. The van der Waals surface area contributed by atoms with Gasteiger partial charge in [0.25, 0.3) is 0 Å². The van der Waals surface area contributed by atoms with E-state index in [-0.39, 0.29) is 28.4 Å². The summed E-state index contributed by atoms with van der Waals surface area (Å²) >= 11 is 6.27. The first-order chi connectivity index (χ1) is 17.0. The molecule has 0 spiro atoms. The van der Waals surface area contributed by atoms with E-state index in [4.69, 9.17) is 14.2 Å². The van der Waals surface area contributed by atoms with Gasteiger partial charge in [0.05, 0.1) is 34.2 Å². The SMILES string of the molecule is COc1cc(Br)cc(O)c1C(=O)CCC(F)(F)F.COc1cc(Br)cc(OC)c1C(=O)CCC(F)(F)F. The van der Waals surface area contributed by atoms with Gasteiger partial charge in [-0.1, -0.05) is 31.9 Å². The van der Waals surface area contributed by atoms with Crippen LogP contribution in [0.3, 0.4) is 0 Å². The van der Waals surface area contributed by atoms with Crippen LogP contribution in [0, 0.1) is 0 Å². The summed E-state index contributed by atoms with van der Waals surface area (Å²) in [5, 5.41) is 9.59. The van der Waals surface area contributed by atoms with Gasteiger partial charge >= 0.3 is 12.4 Å². The molecule has 0 aliphatic heterocycles. The number of carbonyl (C=O) groups is 2. The van der Waals surface area contributed by atoms with Gasteiger partial charge < -0.3 is 19.3 Å². The van der Waals surface area contributed by atoms with Gasteiger partial charge in [0.2, 0.25) is 0 Å². The summed E-state index contributed by atoms with van der Waals surface area (Å²) in [6, 6.07) is 5.64. The lowest BCUT2D eigenvalue weighted by Gasteiger charge is -2.13. The second-order valence-corrected chi connectivity index (χ2v) is 9.10. The van der Waals surface area contributed by atoms with Crippen molar-refractivity contribution < 1.29 is 55.2 Å². The summed E-state index contributed by atoms with van der Waals surface area (Å²) in [5.74, 6) is -1.49. The van der Waals surface area contributed by atoms with Gasteiger partial charge in [-0.15, -0.1) is 0 Å². The predicted octanol–water partition coefficient (Wildman–Crippen LogP) is 7.68. The first-order valence-electron chi connectivity index (χ1n) is 10.2. The van der Waals surface area contributed by atoms with E-state index in [1.54, 1.807) is 0 Å². The molecule has 0 radical (unpaired) electrons. The smallest absolute Gasteiger partial charge is 0.389 e. The van der Waals surface area contributed by atoms with Gasteiger partial charge in [0, 0.05) is 21.8 Å². The molecule has 0 atom stereocenters. The molecule has 0 saturated carbocycles. The number of phenolic OH excluding ortho intramolecular Hbond substituents is 1. The monoisotopic (exact) mass is 666 g/mol. The van der Waals surface area contributed by atoms with E-state index in [0.29, 0.717) is 8.95 Å². The zero-order chi connectivity index (χ0) is 28.6. The normalized spacial score (nSPS) is 11.3. The average molecular weight is 668 g/mol. The number of hydrogen-bond acceptors (Lipinski definition) is 6. The molecule has 0 unspecified atom stereocenters. The molecule has 2 aromatic carbocycles. The van der Waals surface area contributed by atoms with Crippen LogP contribution in [-0.4, -0.2) is 50.4 Å². The van der Waals surface area contributed by atoms with Crippen LogP contribution >= 0.6 is 31.9 Å². The van der Waals surface area contributed by atoms with Crippen molar-refractivity contribution in [1.29, 1.82) is 0 Å². The van der Waals surface area contributed by atoms with Crippen molar-refractivity contribution in [1.82, 2.24) is 0 Å². The Hall–Kier alpha value is -2.48. The second-order valence-electron chi connectivity index (χ2n) is 7.26. The minimum absolute atomic E-state index is 0.0254. The molecule has 0 fully saturated rings. The third kappa shape index (κ3) is 10.8. The highest BCUT2D eigenvalue weighted by Crippen LogP contribution is 2.36. The number of benzene rings is 2. The van der Waals surface area contributed by atoms with Gasteiger partial charge in [-0.25, -0.2) is 0 Å². The Labute approximate surface area is 225 Å². The fraction of sp³-hybridized carbons (Fsp3) is 0.391. The molecule has 2 rings (SSSR count). The fourth-order valence-corrected chi connectivity index (χ4v) is 3.77. The van der Waals surface area contributed by atoms with E-state index in [1.807, 2.05) is 0 Å². The number of ether oxygens (including phenoxy) is 3. The number of aromatic hydroxyl groups is 1. The Balaban J connectivity index is 0.000000371. The third-order valence-corrected chi connectivity index (χ3v) is 5.48. The number of carbonyl (C=O) groups excluding carboxylic acids is 2. The van der Waals surface area contributed by atoms with Crippen molar-refractivity contribution in [3.8, 4) is 23.0 Å². The number of alkyl halides is 6. The Kier molecular flexibility index (Phi) is 12.2. The second kappa shape index (κ2) is 13.9. The Morgan fingerprint density at radius 3 is 1.38 bits per heavy atom. The molecule has 1 N–H and O–H groups in total. The maximum atomic E-state index is 12.1. The summed E-state index contributed by atoms with van der Waals surface area (Å²) in [6.07, 6.45) is -12.6. The number of Topliss-reactive ketones (excluding diaryl/α,β-unsaturated/α-hetero) is 2. The standard InChI is InChI=1S/C12H12BrF3O3.C11H10BrF3O3/c1-18-9-5-7(13)6-10(19-2)11(9)8(17)3-4-12(14,15)16;1-18-9-5-6(12)4-8(17)10(9)7(16)2-3-11(13,14)15/h5-6H,3-4H2,1-2H3;4-5,17H,2-3H2,1H3. The van der Waals surface area contributed by atoms with Crippen LogP contribution in [0.2, 0.25) is 0 Å². The zero-order valence-corrected chi connectivity index (χ0v) is 22.8. The van der Waals surface area contributed by atoms with E-state index in [9.17, 15) is 41.0 Å². The molecule has 0 amide bonds. The molecule has 0 saturated heterocycles. The third-order valence-electron chi connectivity index (χ3n) is 4.57. The summed E-state index contributed by atoms with van der Waals surface area (Å²) in [5.41, 5.74) is -0.206. The number of rotatable bonds is 9. The summed E-state index contributed by atoms with van der Waals surface area (Å²) in [6.45, 7) is 0. The molecule has 6 nitrogen and oxygen atoms in total. The molecular weight excluding hydrogens is 646 g/mol. The maximum Gasteiger partial charge on any atom is 0.389 e. The molecule has 0 aliphatic carbocycles. The van der Waals surface area contributed by atoms with Gasteiger partial charge in [-0.2, -0.15) is 26.3 Å². The van der Waals surface area contributed by atoms with Crippen LogP contribution in [-0.2, 0) is 0 Å². The van der Waals surface area contributed by atoms with Crippen molar-refractivity contribution in [2.75, 3.05) is 21.3 Å². The van der Waals surface area contributed by atoms with Gasteiger partial charge in [-0.05, 0) is 24.3 Å². The topological polar surface area (TPSA) is 82.1 Å². The lowest BCUT2D eigenvalue weighted by molar-refractivity contribution is -0.134. The van der Waals surface area contributed by atoms with Crippen LogP contribution < -0.4 is 14.2 Å². The van der Waals surface area contributed by atoms with Gasteiger partial charge in [0.15, 0.2) is 11.6 Å². The van der Waals surface area contributed by atoms with Gasteiger partial charge in [0.1, 0.15) is 34.1 Å². The van der Waals surface area contributed by atoms with Crippen LogP contribution in [0.5, 0.6) is 23.0 Å². The van der Waals surface area contributed by atoms with Crippen LogP contribution in [0.4, 0.5) is 26.3 Å². The molecule has 0 heterocycles. The predicted molar refractivity (Wildman–Crippen MR) is 129 cm³/mol. The van der Waals surface area contributed by atoms with E-state index in [0.717, 1.165) is 0 Å². The number of methoxy groups -OCH3 is 3. The molecular formula is C23H22Br2F6O6. The van der Waals surface area contributed by atoms with E-state index in [2.05, 4.69) is 31.9 Å². The highest BCUT2D eigenvalue weighted by atomic mass is 79.9. The van der Waals surface area contributed by atoms with E-state index >= 15 is 0 Å². The van der Waals surface area contributed by atoms with Crippen molar-refractivity contribution in [2.45, 2.75) is 38.0 Å². The number of phenols is 1. The molecule has 0 aliphatic rings. The van der Waals surface area contributed by atoms with E-state index < -0.39 is 55.4 Å². The quantitative estimate of drug-likeness (QED) is 0.218. The molecule has 37 heavy (non-hydrogen) atoms. The molecule has 0 bridgehead atoms. The first kappa shape index (κ1) is 32.5. The largest absolute Gasteiger partial charge is 0.507 e. The van der Waals surface area contributed by atoms with Gasteiger partial charge in [-0.3, -0.25) is 9.59 Å². The fourth-order valence-electron chi connectivity index (χ4n) is 2.92. The van der Waals surface area contributed by atoms with E-state index in [1.165, 1.54) is 45.6 Å². The Bertz CT molecular complexity index is 1080. The minimum atomic E-state index is -4.41. The van der Waals surface area contributed by atoms with Crippen molar-refractivity contribution in [3.63, 3.8) is 0 Å². The van der Waals surface area contributed by atoms with Crippen molar-refractivity contribution >= 4 is 43.4 Å². The average Bonchev–Trinajstić information content (AvgIpc) is 2.79. The zero-order valence-electron chi connectivity index (χ0n) is 19.6. The minimum Gasteiger partial charge on any atom is -0.507 e. The first-order valence-corrected chi connectivity index (χ1v) is 11.8. The van der Waals surface area contributed by atoms with Crippen LogP contribution in [0.25, 0.3) is 0 Å². The Morgan fingerprint density at radius 1 is 0.703 bits per heavy atom. The highest BCUT2D eigenvalue weighted by molar-refractivity contribution is 9.10. The molecule has 14 heteroatoms. The lowest BCUT2D eigenvalue weighted by Crippen LogP contribution is -2.12. The molecule has 206 valence electrons. The highest BCUT2D eigenvalue weighted by Gasteiger charge is 2.31. The number of hydrogen-bond donors (Lipinski definition) is 1. The van der Waals surface area contributed by atoms with Crippen molar-refractivity contribution in [3.05, 3.63) is 44.3 Å². The lowest BCUT2D eigenvalue weighted by atomic mass is 10.0. The summed E-state index contributed by atoms with van der Waals surface area (Å²) < 4.78 is 88.4. The van der Waals surface area contributed by atoms with Crippen molar-refractivity contribution in [2.24, 2.45) is 0 Å². The molecule has 0 aromatic heterocycles. The van der Waals surface area contributed by atoms with Crippen LogP contribution in [0.1, 0.15) is 46.4 Å². The molecule has 2 aromatic rings. The van der Waals surface area contributed by atoms with Crippen LogP contribution in [0.15, 0.2) is 33.2 Å².